The Morgan fingerprint density at radius 1 is 0.690 bits per heavy atom. The van der Waals surface area contributed by atoms with Crippen molar-refractivity contribution in [3.05, 3.63) is 88.5 Å². The molecule has 0 bridgehead atoms. The fourth-order valence-electron chi connectivity index (χ4n) is 7.60. The van der Waals surface area contributed by atoms with E-state index in [1.807, 2.05) is 12.1 Å². The number of quaternary nitrogens is 2. The number of aromatic nitrogens is 1. The molecule has 4 aliphatic rings. The monoisotopic (exact) mass is 571 g/mol. The van der Waals surface area contributed by atoms with Crippen LogP contribution in [0, 0.1) is 10.4 Å². The number of methoxy groups -OCH3 is 2. The number of anilines is 2. The molecule has 2 amide bonds. The molecule has 4 saturated heterocycles. The van der Waals surface area contributed by atoms with Crippen LogP contribution >= 0.6 is 0 Å². The molecular formula is C31H33N5O6. The van der Waals surface area contributed by atoms with Crippen LogP contribution in [0.5, 0.6) is 11.5 Å². The van der Waals surface area contributed by atoms with Gasteiger partial charge in [0.25, 0.3) is 11.8 Å². The molecule has 42 heavy (non-hydrogen) atoms. The molecule has 0 N–H and O–H groups in total. The summed E-state index contributed by atoms with van der Waals surface area (Å²) >= 11 is 0. The third kappa shape index (κ3) is 3.64. The minimum Gasteiger partial charge on any atom is -0.630 e. The van der Waals surface area contributed by atoms with Gasteiger partial charge in [0.15, 0.2) is 12.1 Å². The molecule has 0 aliphatic carbocycles. The number of para-hydroxylation sites is 4. The van der Waals surface area contributed by atoms with Gasteiger partial charge in [0.1, 0.15) is 22.9 Å². The van der Waals surface area contributed by atoms with E-state index in [0.29, 0.717) is 59.9 Å². The largest absolute Gasteiger partial charge is 0.630 e. The van der Waals surface area contributed by atoms with Crippen molar-refractivity contribution in [2.24, 2.45) is 0 Å². The Morgan fingerprint density at radius 2 is 1.12 bits per heavy atom. The summed E-state index contributed by atoms with van der Waals surface area (Å²) < 4.78 is 9.68. The van der Waals surface area contributed by atoms with E-state index in [4.69, 9.17) is 14.5 Å². The summed E-state index contributed by atoms with van der Waals surface area (Å²) in [5.74, 6) is 0.436. The fraction of sp³-hybridized carbons (Fsp3) is 0.387. The number of hydrogen-bond acceptors (Lipinski definition) is 7. The van der Waals surface area contributed by atoms with Gasteiger partial charge >= 0.3 is 0 Å². The molecule has 5 heterocycles. The van der Waals surface area contributed by atoms with Crippen LogP contribution in [0.2, 0.25) is 0 Å². The summed E-state index contributed by atoms with van der Waals surface area (Å²) in [7, 11) is 3.06. The molecular weight excluding hydrogens is 538 g/mol. The van der Waals surface area contributed by atoms with Crippen LogP contribution in [0.1, 0.15) is 49.4 Å². The second-order valence-corrected chi connectivity index (χ2v) is 11.5. The Hall–Kier alpha value is -4.03. The van der Waals surface area contributed by atoms with E-state index < -0.39 is 33.7 Å². The standard InChI is InChI=1S/C31H33N5O6/c1-41-26-16-5-3-12-22(26)33-28(35(39)18-8-14-24(35)30(33)37)20-10-7-11-21(32-20)29-34(23-13-4-6-17-27(23)42-2)31(38)25-15-9-19-36(25,29)40/h3-7,10-13,16-17,24-25,28-29H,8-9,14-15,18-19H2,1-2H3/t24?,25?,28?,29?,35-,36-/m1/s1. The molecule has 6 atom stereocenters. The number of rotatable bonds is 6. The summed E-state index contributed by atoms with van der Waals surface area (Å²) in [6.45, 7) is 0.551. The lowest BCUT2D eigenvalue weighted by Gasteiger charge is -2.45. The van der Waals surface area contributed by atoms with Crippen molar-refractivity contribution >= 4 is 23.2 Å². The molecule has 0 saturated carbocycles. The summed E-state index contributed by atoms with van der Waals surface area (Å²) in [6.07, 6.45) is 0.323. The highest BCUT2D eigenvalue weighted by molar-refractivity contribution is 6.01. The van der Waals surface area contributed by atoms with E-state index >= 15 is 0 Å². The zero-order chi connectivity index (χ0) is 29.2. The number of ether oxygens (including phenoxy) is 2. The van der Waals surface area contributed by atoms with Crippen molar-refractivity contribution in [3.63, 3.8) is 0 Å². The Labute approximate surface area is 243 Å². The minimum atomic E-state index is -0.965. The summed E-state index contributed by atoms with van der Waals surface area (Å²) in [6, 6.07) is 18.0. The first-order valence-corrected chi connectivity index (χ1v) is 14.4. The quantitative estimate of drug-likeness (QED) is 0.322. The molecule has 4 fully saturated rings. The van der Waals surface area contributed by atoms with Crippen molar-refractivity contribution in [2.45, 2.75) is 50.1 Å². The maximum absolute atomic E-state index is 14.5. The van der Waals surface area contributed by atoms with Crippen LogP contribution in [0.4, 0.5) is 11.4 Å². The predicted octanol–water partition coefficient (Wildman–Crippen LogP) is 4.14. The molecule has 0 radical (unpaired) electrons. The van der Waals surface area contributed by atoms with E-state index in [-0.39, 0.29) is 24.9 Å². The molecule has 3 aromatic rings. The normalized spacial score (nSPS) is 31.9. The maximum Gasteiger partial charge on any atom is 0.290 e. The molecule has 7 rings (SSSR count). The molecule has 1 aromatic heterocycles. The number of benzene rings is 2. The number of hydrogen-bond donors (Lipinski definition) is 0. The number of pyridine rings is 1. The van der Waals surface area contributed by atoms with Crippen LogP contribution < -0.4 is 19.3 Å². The Morgan fingerprint density at radius 3 is 1.55 bits per heavy atom. The lowest BCUT2D eigenvalue weighted by atomic mass is 10.1. The number of amides is 2. The lowest BCUT2D eigenvalue weighted by molar-refractivity contribution is -0.905. The Kier molecular flexibility index (Phi) is 6.24. The Balaban J connectivity index is 1.38. The molecule has 2 aromatic carbocycles. The van der Waals surface area contributed by atoms with Gasteiger partial charge in [-0.05, 0) is 36.4 Å². The first-order chi connectivity index (χ1) is 20.3. The second-order valence-electron chi connectivity index (χ2n) is 11.5. The van der Waals surface area contributed by atoms with E-state index in [1.54, 1.807) is 54.6 Å². The van der Waals surface area contributed by atoms with Gasteiger partial charge in [0.2, 0.25) is 12.3 Å². The first kappa shape index (κ1) is 26.8. The van der Waals surface area contributed by atoms with Crippen LogP contribution in [-0.4, -0.2) is 65.5 Å². The molecule has 11 heteroatoms. The van der Waals surface area contributed by atoms with Crippen molar-refractivity contribution in [1.29, 1.82) is 0 Å². The van der Waals surface area contributed by atoms with Crippen LogP contribution in [0.25, 0.3) is 0 Å². The predicted molar refractivity (Wildman–Crippen MR) is 154 cm³/mol. The van der Waals surface area contributed by atoms with Gasteiger partial charge in [-0.25, -0.2) is 14.8 Å². The Bertz CT molecular complexity index is 1460. The maximum atomic E-state index is 14.5. The number of fused-ring (bicyclic) bond motifs is 2. The third-order valence-corrected chi connectivity index (χ3v) is 9.40. The molecule has 4 unspecified atom stereocenters. The van der Waals surface area contributed by atoms with Crippen molar-refractivity contribution in [2.75, 3.05) is 37.1 Å². The van der Waals surface area contributed by atoms with Gasteiger partial charge < -0.3 is 29.2 Å². The van der Waals surface area contributed by atoms with Gasteiger partial charge in [-0.2, -0.15) is 0 Å². The minimum absolute atomic E-state index is 0.261. The third-order valence-electron chi connectivity index (χ3n) is 9.40. The second kappa shape index (κ2) is 9.77. The van der Waals surface area contributed by atoms with Crippen molar-refractivity contribution in [3.8, 4) is 11.5 Å². The van der Waals surface area contributed by atoms with Crippen LogP contribution in [0.15, 0.2) is 66.7 Å². The van der Waals surface area contributed by atoms with E-state index in [2.05, 4.69) is 0 Å². The number of carbonyl (C=O) groups excluding carboxylic acids is 2. The highest BCUT2D eigenvalue weighted by atomic mass is 16.6. The zero-order valence-corrected chi connectivity index (χ0v) is 23.6. The lowest BCUT2D eigenvalue weighted by Crippen LogP contribution is -2.47. The fourth-order valence-corrected chi connectivity index (χ4v) is 7.60. The van der Waals surface area contributed by atoms with E-state index in [1.165, 1.54) is 24.0 Å². The van der Waals surface area contributed by atoms with Gasteiger partial charge in [0, 0.05) is 25.7 Å². The average molecular weight is 572 g/mol. The van der Waals surface area contributed by atoms with Crippen LogP contribution in [-0.2, 0) is 9.59 Å². The number of hydroxylamine groups is 6. The van der Waals surface area contributed by atoms with E-state index in [0.717, 1.165) is 0 Å². The average Bonchev–Trinajstić information content (AvgIpc) is 3.70. The molecule has 4 aliphatic heterocycles. The number of nitrogens with zero attached hydrogens (tertiary/aromatic N) is 5. The summed E-state index contributed by atoms with van der Waals surface area (Å²) in [4.78, 5) is 35.7. The molecule has 0 spiro atoms. The summed E-state index contributed by atoms with van der Waals surface area (Å²) in [5, 5.41) is 29.1. The van der Waals surface area contributed by atoms with Gasteiger partial charge in [-0.3, -0.25) is 9.59 Å². The highest BCUT2D eigenvalue weighted by Crippen LogP contribution is 2.52. The smallest absolute Gasteiger partial charge is 0.290 e. The molecule has 11 nitrogen and oxygen atoms in total. The topological polar surface area (TPSA) is 118 Å². The van der Waals surface area contributed by atoms with Crippen molar-refractivity contribution < 1.29 is 28.4 Å². The SMILES string of the molecule is COc1ccccc1N1C(=O)C2CCC[N@+]2([O-])C1c1cccc(C2N(c3ccccc3OC)C(=O)C3CCC[N@@+]32[O-])n1. The van der Waals surface area contributed by atoms with Gasteiger partial charge in [-0.1, -0.05) is 30.3 Å². The first-order valence-electron chi connectivity index (χ1n) is 14.4. The highest BCUT2D eigenvalue weighted by Gasteiger charge is 2.61. The van der Waals surface area contributed by atoms with Gasteiger partial charge in [-0.15, -0.1) is 0 Å². The van der Waals surface area contributed by atoms with Crippen LogP contribution in [0.3, 0.4) is 0 Å². The van der Waals surface area contributed by atoms with E-state index in [9.17, 15) is 20.0 Å². The molecule has 218 valence electrons. The summed E-state index contributed by atoms with van der Waals surface area (Å²) in [5.41, 5.74) is 1.77. The number of carbonyl (C=O) groups is 2. The van der Waals surface area contributed by atoms with Crippen molar-refractivity contribution in [1.82, 2.24) is 4.98 Å². The van der Waals surface area contributed by atoms with Gasteiger partial charge in [0.05, 0.1) is 38.7 Å². The zero-order valence-electron chi connectivity index (χ0n) is 23.6.